The largest absolute Gasteiger partial charge is 0.310 e. The Balaban J connectivity index is 1.65. The minimum atomic E-state index is -3.81. The van der Waals surface area contributed by atoms with Crippen molar-refractivity contribution in [3.8, 4) is 0 Å². The fourth-order valence-corrected chi connectivity index (χ4v) is 3.81. The zero-order valence-electron chi connectivity index (χ0n) is 14.4. The lowest BCUT2D eigenvalue weighted by Gasteiger charge is -2.10. The molecule has 3 rings (SSSR count). The lowest BCUT2D eigenvalue weighted by Crippen LogP contribution is -2.15. The van der Waals surface area contributed by atoms with Crippen LogP contribution in [0.1, 0.15) is 5.56 Å². The summed E-state index contributed by atoms with van der Waals surface area (Å²) in [6.45, 7) is 0. The second-order valence-electron chi connectivity index (χ2n) is 5.82. The Morgan fingerprint density at radius 3 is 2.36 bits per heavy atom. The molecular formula is C19H15Cl2N3O3S. The number of pyridine rings is 1. The lowest BCUT2D eigenvalue weighted by molar-refractivity contribution is -0.115. The molecule has 1 heterocycles. The van der Waals surface area contributed by atoms with E-state index >= 15 is 0 Å². The first-order valence-corrected chi connectivity index (χ1v) is 10.3. The Morgan fingerprint density at radius 2 is 1.71 bits per heavy atom. The molecule has 144 valence electrons. The number of anilines is 2. The maximum Gasteiger partial charge on any atom is 0.261 e. The van der Waals surface area contributed by atoms with E-state index in [-0.39, 0.29) is 27.3 Å². The highest BCUT2D eigenvalue weighted by molar-refractivity contribution is 7.92. The number of carbonyl (C=O) groups is 1. The molecule has 0 atom stereocenters. The van der Waals surface area contributed by atoms with Gasteiger partial charge in [0.25, 0.3) is 10.0 Å². The molecule has 0 aliphatic heterocycles. The molecule has 2 aromatic carbocycles. The Bertz CT molecular complexity index is 1090. The number of rotatable bonds is 6. The van der Waals surface area contributed by atoms with Crippen LogP contribution in [0.4, 0.5) is 11.5 Å². The van der Waals surface area contributed by atoms with Gasteiger partial charge in [-0.2, -0.15) is 0 Å². The summed E-state index contributed by atoms with van der Waals surface area (Å²) in [5, 5.41) is 3.11. The molecule has 0 bridgehead atoms. The number of aromatic nitrogens is 1. The van der Waals surface area contributed by atoms with Crippen molar-refractivity contribution in [2.45, 2.75) is 11.3 Å². The molecule has 2 N–H and O–H groups in total. The molecule has 0 saturated heterocycles. The Morgan fingerprint density at radius 1 is 0.964 bits per heavy atom. The molecule has 3 aromatic rings. The summed E-state index contributed by atoms with van der Waals surface area (Å²) in [6, 6.07) is 15.8. The summed E-state index contributed by atoms with van der Waals surface area (Å²) < 4.78 is 27.4. The van der Waals surface area contributed by atoms with Crippen molar-refractivity contribution in [1.82, 2.24) is 4.98 Å². The van der Waals surface area contributed by atoms with Crippen LogP contribution in [0.5, 0.6) is 0 Å². The number of hydrogen-bond acceptors (Lipinski definition) is 4. The summed E-state index contributed by atoms with van der Waals surface area (Å²) >= 11 is 11.7. The summed E-state index contributed by atoms with van der Waals surface area (Å²) in [5.74, 6) is 0.251. The molecule has 0 spiro atoms. The van der Waals surface area contributed by atoms with E-state index in [0.717, 1.165) is 5.56 Å². The van der Waals surface area contributed by atoms with Crippen LogP contribution in [-0.4, -0.2) is 19.3 Å². The monoisotopic (exact) mass is 435 g/mol. The Kier molecular flexibility index (Phi) is 6.18. The van der Waals surface area contributed by atoms with Crippen LogP contribution in [0.25, 0.3) is 0 Å². The highest BCUT2D eigenvalue weighted by Crippen LogP contribution is 2.26. The average molecular weight is 436 g/mol. The van der Waals surface area contributed by atoms with Gasteiger partial charge in [0.05, 0.1) is 21.4 Å². The minimum absolute atomic E-state index is 0.000662. The first-order valence-electron chi connectivity index (χ1n) is 8.11. The molecule has 0 fully saturated rings. The quantitative estimate of drug-likeness (QED) is 0.601. The van der Waals surface area contributed by atoms with Gasteiger partial charge in [-0.3, -0.25) is 9.52 Å². The number of halogens is 2. The second-order valence-corrected chi connectivity index (χ2v) is 8.32. The fraction of sp³-hybridized carbons (Fsp3) is 0.0526. The van der Waals surface area contributed by atoms with E-state index in [2.05, 4.69) is 15.0 Å². The van der Waals surface area contributed by atoms with Crippen LogP contribution in [0.15, 0.2) is 71.8 Å². The third kappa shape index (κ3) is 5.22. The predicted molar refractivity (Wildman–Crippen MR) is 110 cm³/mol. The van der Waals surface area contributed by atoms with E-state index in [1.807, 2.05) is 0 Å². The van der Waals surface area contributed by atoms with Gasteiger partial charge in [0.1, 0.15) is 5.82 Å². The lowest BCUT2D eigenvalue weighted by atomic mass is 10.1. The van der Waals surface area contributed by atoms with Crippen molar-refractivity contribution >= 4 is 50.6 Å². The van der Waals surface area contributed by atoms with Crippen molar-refractivity contribution in [2.75, 3.05) is 10.0 Å². The smallest absolute Gasteiger partial charge is 0.261 e. The van der Waals surface area contributed by atoms with Gasteiger partial charge in [-0.15, -0.1) is 0 Å². The van der Waals surface area contributed by atoms with Gasteiger partial charge < -0.3 is 5.32 Å². The first kappa shape index (κ1) is 20.1. The van der Waals surface area contributed by atoms with Gasteiger partial charge in [0, 0.05) is 11.9 Å². The molecule has 0 aliphatic carbocycles. The van der Waals surface area contributed by atoms with Gasteiger partial charge in [0.2, 0.25) is 5.91 Å². The Labute approximate surface area is 172 Å². The van der Waals surface area contributed by atoms with Gasteiger partial charge in [0.15, 0.2) is 0 Å². The highest BCUT2D eigenvalue weighted by atomic mass is 35.5. The number of nitrogens with one attached hydrogen (secondary N) is 2. The van der Waals surface area contributed by atoms with Crippen LogP contribution in [-0.2, 0) is 21.2 Å². The van der Waals surface area contributed by atoms with E-state index < -0.39 is 10.0 Å². The number of nitrogens with zero attached hydrogens (tertiary/aromatic N) is 1. The average Bonchev–Trinajstić information content (AvgIpc) is 2.66. The van der Waals surface area contributed by atoms with Crippen LogP contribution < -0.4 is 10.0 Å². The number of carbonyl (C=O) groups excluding carboxylic acids is 1. The number of sulfonamides is 1. The molecule has 1 amide bonds. The zero-order valence-corrected chi connectivity index (χ0v) is 16.7. The summed E-state index contributed by atoms with van der Waals surface area (Å²) in [6.07, 6.45) is 1.72. The highest BCUT2D eigenvalue weighted by Gasteiger charge is 2.16. The topological polar surface area (TPSA) is 88.2 Å². The van der Waals surface area contributed by atoms with Gasteiger partial charge in [-0.1, -0.05) is 41.4 Å². The van der Waals surface area contributed by atoms with E-state index in [1.165, 1.54) is 18.2 Å². The van der Waals surface area contributed by atoms with Crippen molar-refractivity contribution in [1.29, 1.82) is 0 Å². The van der Waals surface area contributed by atoms with E-state index in [0.29, 0.717) is 11.5 Å². The maximum absolute atomic E-state index is 12.4. The molecule has 0 unspecified atom stereocenters. The number of amides is 1. The van der Waals surface area contributed by atoms with Crippen molar-refractivity contribution in [2.24, 2.45) is 0 Å². The molecule has 28 heavy (non-hydrogen) atoms. The molecular weight excluding hydrogens is 421 g/mol. The predicted octanol–water partition coefficient (Wildman–Crippen LogP) is 4.37. The Hall–Kier alpha value is -2.61. The minimum Gasteiger partial charge on any atom is -0.310 e. The van der Waals surface area contributed by atoms with Gasteiger partial charge in [-0.05, 0) is 48.0 Å². The van der Waals surface area contributed by atoms with Crippen LogP contribution in [0.3, 0.4) is 0 Å². The molecule has 0 aliphatic rings. The molecule has 0 saturated carbocycles. The molecule has 0 radical (unpaired) electrons. The van der Waals surface area contributed by atoms with E-state index in [9.17, 15) is 13.2 Å². The van der Waals surface area contributed by atoms with E-state index in [4.69, 9.17) is 23.2 Å². The normalized spacial score (nSPS) is 11.1. The fourth-order valence-electron chi connectivity index (χ4n) is 2.36. The van der Waals surface area contributed by atoms with Crippen molar-refractivity contribution in [3.05, 3.63) is 82.5 Å². The zero-order chi connectivity index (χ0) is 20.1. The third-order valence-corrected chi connectivity index (χ3v) is 5.82. The summed E-state index contributed by atoms with van der Waals surface area (Å²) in [4.78, 5) is 16.1. The number of hydrogen-bond donors (Lipinski definition) is 2. The molecule has 1 aromatic heterocycles. The first-order chi connectivity index (χ1) is 13.3. The maximum atomic E-state index is 12.4. The van der Waals surface area contributed by atoms with Gasteiger partial charge >= 0.3 is 0 Å². The van der Waals surface area contributed by atoms with Crippen LogP contribution in [0, 0.1) is 0 Å². The third-order valence-electron chi connectivity index (χ3n) is 3.70. The summed E-state index contributed by atoms with van der Waals surface area (Å²) in [5.41, 5.74) is 1.09. The van der Waals surface area contributed by atoms with E-state index in [1.54, 1.807) is 48.7 Å². The second kappa shape index (κ2) is 8.60. The SMILES string of the molecule is O=C(Cc1ccc(NS(=O)(=O)c2ccc(Cl)c(Cl)c2)cc1)Nc1ccccn1. The summed E-state index contributed by atoms with van der Waals surface area (Å²) in [7, 11) is -3.81. The molecule has 9 heteroatoms. The molecule has 6 nitrogen and oxygen atoms in total. The van der Waals surface area contributed by atoms with Crippen LogP contribution >= 0.6 is 23.2 Å². The van der Waals surface area contributed by atoms with Gasteiger partial charge in [-0.25, -0.2) is 13.4 Å². The van der Waals surface area contributed by atoms with Crippen molar-refractivity contribution in [3.63, 3.8) is 0 Å². The standard InChI is InChI=1S/C19H15Cl2N3O3S/c20-16-9-8-15(12-17(16)21)28(26,27)24-14-6-4-13(5-7-14)11-19(25)23-18-3-1-2-10-22-18/h1-10,12,24H,11H2,(H,22,23,25). The number of benzene rings is 2. The van der Waals surface area contributed by atoms with Crippen LogP contribution in [0.2, 0.25) is 10.0 Å². The van der Waals surface area contributed by atoms with Crippen molar-refractivity contribution < 1.29 is 13.2 Å².